The Balaban J connectivity index is 1.58. The van der Waals surface area contributed by atoms with Gasteiger partial charge in [0.1, 0.15) is 0 Å². The number of rotatable bonds is 3. The summed E-state index contributed by atoms with van der Waals surface area (Å²) in [4.78, 5) is 14.3. The third-order valence-corrected chi connectivity index (χ3v) is 5.02. The molecule has 1 aliphatic carbocycles. The lowest BCUT2D eigenvalue weighted by Gasteiger charge is -2.30. The van der Waals surface area contributed by atoms with Crippen LogP contribution in [0.5, 0.6) is 0 Å². The van der Waals surface area contributed by atoms with Gasteiger partial charge in [0.15, 0.2) is 11.5 Å². The Morgan fingerprint density at radius 1 is 1.20 bits per heavy atom. The van der Waals surface area contributed by atoms with Crippen LogP contribution in [0.1, 0.15) is 37.9 Å². The maximum absolute atomic E-state index is 12.4. The van der Waals surface area contributed by atoms with Gasteiger partial charge in [-0.2, -0.15) is 9.61 Å². The molecule has 4 rings (SSSR count). The third kappa shape index (κ3) is 2.99. The largest absolute Gasteiger partial charge is 0.339 e. The minimum atomic E-state index is 0.00411. The topological polar surface area (TPSA) is 63.4 Å². The van der Waals surface area contributed by atoms with Crippen molar-refractivity contribution in [3.63, 3.8) is 0 Å². The highest BCUT2D eigenvalue weighted by Crippen LogP contribution is 2.22. The Morgan fingerprint density at radius 2 is 2.00 bits per heavy atom. The third-order valence-electron chi connectivity index (χ3n) is 5.02. The van der Waals surface area contributed by atoms with Gasteiger partial charge < -0.3 is 4.90 Å². The van der Waals surface area contributed by atoms with Crippen LogP contribution in [0.4, 0.5) is 0 Å². The van der Waals surface area contributed by atoms with Gasteiger partial charge in [-0.1, -0.05) is 43.5 Å². The van der Waals surface area contributed by atoms with Crippen LogP contribution in [-0.2, 0) is 4.79 Å². The summed E-state index contributed by atoms with van der Waals surface area (Å²) in [5.74, 6) is 0.565. The van der Waals surface area contributed by atoms with Crippen LogP contribution in [-0.4, -0.2) is 43.7 Å². The van der Waals surface area contributed by atoms with Gasteiger partial charge in [-0.3, -0.25) is 4.79 Å². The molecular formula is C19H21N5O. The first-order valence-electron chi connectivity index (χ1n) is 8.78. The minimum Gasteiger partial charge on any atom is -0.339 e. The molecule has 2 aromatic heterocycles. The summed E-state index contributed by atoms with van der Waals surface area (Å²) >= 11 is 0. The number of benzene rings is 1. The van der Waals surface area contributed by atoms with Crippen molar-refractivity contribution < 1.29 is 4.79 Å². The monoisotopic (exact) mass is 335 g/mol. The van der Waals surface area contributed by atoms with Crippen LogP contribution in [0.25, 0.3) is 22.5 Å². The molecule has 0 spiro atoms. The fourth-order valence-corrected chi connectivity index (χ4v) is 3.52. The normalized spacial score (nSPS) is 16.0. The van der Waals surface area contributed by atoms with Crippen molar-refractivity contribution >= 4 is 28.4 Å². The number of likely N-dealkylation sites (N-methyl/N-ethyl adjacent to an activating group) is 1. The number of carbonyl (C=O) groups excluding carboxylic acids is 1. The molecule has 0 aliphatic heterocycles. The molecule has 6 heteroatoms. The van der Waals surface area contributed by atoms with Crippen molar-refractivity contribution in [3.8, 4) is 0 Å². The van der Waals surface area contributed by atoms with E-state index in [-0.39, 0.29) is 5.91 Å². The Labute approximate surface area is 146 Å². The van der Waals surface area contributed by atoms with Gasteiger partial charge in [-0.05, 0) is 18.9 Å². The molecule has 1 aliphatic rings. The molecule has 1 amide bonds. The number of hydrogen-bond donors (Lipinski definition) is 0. The Bertz CT molecular complexity index is 939. The summed E-state index contributed by atoms with van der Waals surface area (Å²) in [5, 5.41) is 14.8. The van der Waals surface area contributed by atoms with E-state index in [1.165, 1.54) is 19.3 Å². The Morgan fingerprint density at radius 3 is 2.84 bits per heavy atom. The second-order valence-electron chi connectivity index (χ2n) is 6.60. The molecule has 1 saturated carbocycles. The molecule has 2 heterocycles. The van der Waals surface area contributed by atoms with Gasteiger partial charge in [-0.25, -0.2) is 0 Å². The van der Waals surface area contributed by atoms with E-state index in [1.807, 2.05) is 36.2 Å². The van der Waals surface area contributed by atoms with Gasteiger partial charge in [0, 0.05) is 29.9 Å². The zero-order chi connectivity index (χ0) is 17.2. The van der Waals surface area contributed by atoms with E-state index in [1.54, 1.807) is 22.9 Å². The molecule has 0 bridgehead atoms. The number of nitrogens with zero attached hydrogens (tertiary/aromatic N) is 5. The molecular weight excluding hydrogens is 314 g/mol. The molecule has 3 aromatic rings. The number of fused-ring (bicyclic) bond motifs is 3. The van der Waals surface area contributed by atoms with Crippen LogP contribution >= 0.6 is 0 Å². The number of aromatic nitrogens is 4. The van der Waals surface area contributed by atoms with E-state index >= 15 is 0 Å². The van der Waals surface area contributed by atoms with Crippen LogP contribution in [0.2, 0.25) is 0 Å². The standard InChI is InChI=1S/C19H21N5O/c1-23(15-8-3-2-4-9-15)18(25)12-11-17-21-22-19-16-10-6-5-7-14(16)13-20-24(17)19/h5-7,10-13,15H,2-4,8-9H2,1H3. The lowest BCUT2D eigenvalue weighted by atomic mass is 9.94. The highest BCUT2D eigenvalue weighted by Gasteiger charge is 2.20. The highest BCUT2D eigenvalue weighted by molar-refractivity contribution is 5.94. The van der Waals surface area contributed by atoms with Crippen LogP contribution < -0.4 is 0 Å². The molecule has 25 heavy (non-hydrogen) atoms. The van der Waals surface area contributed by atoms with Gasteiger partial charge in [0.05, 0.1) is 6.20 Å². The number of carbonyl (C=O) groups is 1. The van der Waals surface area contributed by atoms with Crippen LogP contribution in [0.15, 0.2) is 36.5 Å². The van der Waals surface area contributed by atoms with E-state index < -0.39 is 0 Å². The first-order valence-corrected chi connectivity index (χ1v) is 8.78. The van der Waals surface area contributed by atoms with Crippen LogP contribution in [0, 0.1) is 0 Å². The molecule has 0 N–H and O–H groups in total. The van der Waals surface area contributed by atoms with E-state index in [0.29, 0.717) is 17.5 Å². The molecule has 128 valence electrons. The maximum Gasteiger partial charge on any atom is 0.246 e. The average Bonchev–Trinajstić information content (AvgIpc) is 3.09. The quantitative estimate of drug-likeness (QED) is 0.690. The van der Waals surface area contributed by atoms with Crippen molar-refractivity contribution in [2.24, 2.45) is 0 Å². The first kappa shape index (κ1) is 15.7. The molecule has 1 aromatic carbocycles. The van der Waals surface area contributed by atoms with Crippen molar-refractivity contribution in [1.82, 2.24) is 24.7 Å². The molecule has 1 fully saturated rings. The molecule has 0 radical (unpaired) electrons. The second kappa shape index (κ2) is 6.63. The molecule has 0 unspecified atom stereocenters. The lowest BCUT2D eigenvalue weighted by Crippen LogP contribution is -2.37. The SMILES string of the molecule is CN(C(=O)C=Cc1nnc2c3ccccc3cnn12)C1CCCCC1. The molecule has 0 saturated heterocycles. The summed E-state index contributed by atoms with van der Waals surface area (Å²) in [6.45, 7) is 0. The fraction of sp³-hybridized carbons (Fsp3) is 0.368. The molecule has 0 atom stereocenters. The van der Waals surface area contributed by atoms with Crippen LogP contribution in [0.3, 0.4) is 0 Å². The predicted molar refractivity (Wildman–Crippen MR) is 97.0 cm³/mol. The van der Waals surface area contributed by atoms with Gasteiger partial charge in [-0.15, -0.1) is 10.2 Å². The predicted octanol–water partition coefficient (Wildman–Crippen LogP) is 3.08. The van der Waals surface area contributed by atoms with Crippen molar-refractivity contribution in [3.05, 3.63) is 42.4 Å². The smallest absolute Gasteiger partial charge is 0.246 e. The summed E-state index contributed by atoms with van der Waals surface area (Å²) < 4.78 is 1.67. The van der Waals surface area contributed by atoms with Gasteiger partial charge >= 0.3 is 0 Å². The van der Waals surface area contributed by atoms with Crippen molar-refractivity contribution in [2.75, 3.05) is 7.05 Å². The average molecular weight is 335 g/mol. The van der Waals surface area contributed by atoms with Crippen molar-refractivity contribution in [2.45, 2.75) is 38.1 Å². The van der Waals surface area contributed by atoms with Crippen molar-refractivity contribution in [1.29, 1.82) is 0 Å². The summed E-state index contributed by atoms with van der Waals surface area (Å²) in [6.07, 6.45) is 10.9. The van der Waals surface area contributed by atoms with Gasteiger partial charge in [0.25, 0.3) is 0 Å². The second-order valence-corrected chi connectivity index (χ2v) is 6.60. The Hall–Kier alpha value is -2.76. The van der Waals surface area contributed by atoms with E-state index in [0.717, 1.165) is 23.6 Å². The highest BCUT2D eigenvalue weighted by atomic mass is 16.2. The zero-order valence-corrected chi connectivity index (χ0v) is 14.3. The first-order chi connectivity index (χ1) is 12.2. The summed E-state index contributed by atoms with van der Waals surface area (Å²) in [5.41, 5.74) is 0.700. The Kier molecular flexibility index (Phi) is 4.17. The summed E-state index contributed by atoms with van der Waals surface area (Å²) in [6, 6.07) is 8.28. The number of amides is 1. The van der Waals surface area contributed by atoms with E-state index in [2.05, 4.69) is 15.3 Å². The zero-order valence-electron chi connectivity index (χ0n) is 14.3. The lowest BCUT2D eigenvalue weighted by molar-refractivity contribution is -0.127. The van der Waals surface area contributed by atoms with E-state index in [4.69, 9.17) is 0 Å². The number of hydrogen-bond acceptors (Lipinski definition) is 4. The minimum absolute atomic E-state index is 0.00411. The van der Waals surface area contributed by atoms with E-state index in [9.17, 15) is 4.79 Å². The maximum atomic E-state index is 12.4. The molecule has 6 nitrogen and oxygen atoms in total. The fourth-order valence-electron chi connectivity index (χ4n) is 3.52. The van der Waals surface area contributed by atoms with Gasteiger partial charge in [0.2, 0.25) is 5.91 Å². The summed E-state index contributed by atoms with van der Waals surface area (Å²) in [7, 11) is 1.89.